The van der Waals surface area contributed by atoms with Gasteiger partial charge in [-0.25, -0.2) is 4.98 Å². The Bertz CT molecular complexity index is 834. The maximum Gasteiger partial charge on any atom is 0.416 e. The number of nitrogens with one attached hydrogen (secondary N) is 1. The van der Waals surface area contributed by atoms with Crippen molar-refractivity contribution in [1.82, 2.24) is 15.2 Å². The first kappa shape index (κ1) is 20.8. The molecule has 0 spiro atoms. The van der Waals surface area contributed by atoms with Crippen molar-refractivity contribution >= 4 is 11.8 Å². The number of nitrogens with zero attached hydrogens (tertiary/aromatic N) is 4. The summed E-state index contributed by atoms with van der Waals surface area (Å²) in [6, 6.07) is 9.76. The van der Waals surface area contributed by atoms with Crippen LogP contribution in [-0.4, -0.2) is 56.2 Å². The normalized spacial score (nSPS) is 15.4. The highest BCUT2D eigenvalue weighted by molar-refractivity contribution is 5.80. The number of aromatic nitrogens is 1. The molecule has 1 aromatic heterocycles. The molecular formula is C20H24F3N5O. The van der Waals surface area contributed by atoms with Crippen LogP contribution in [0.2, 0.25) is 0 Å². The maximum absolute atomic E-state index is 13.4. The number of methoxy groups -OCH3 is 1. The average Bonchev–Trinajstić information content (AvgIpc) is 2.74. The molecule has 9 heteroatoms. The molecule has 3 rings (SSSR count). The summed E-state index contributed by atoms with van der Waals surface area (Å²) in [6.45, 7) is 2.93. The van der Waals surface area contributed by atoms with E-state index in [2.05, 4.69) is 20.2 Å². The zero-order valence-corrected chi connectivity index (χ0v) is 16.4. The summed E-state index contributed by atoms with van der Waals surface area (Å²) < 4.78 is 45.1. The van der Waals surface area contributed by atoms with Crippen LogP contribution in [-0.2, 0) is 12.7 Å². The van der Waals surface area contributed by atoms with Gasteiger partial charge >= 0.3 is 6.18 Å². The number of ether oxygens (including phenoxy) is 1. The van der Waals surface area contributed by atoms with Gasteiger partial charge in [0.15, 0.2) is 5.96 Å². The van der Waals surface area contributed by atoms with Crippen molar-refractivity contribution in [2.75, 3.05) is 45.2 Å². The van der Waals surface area contributed by atoms with Gasteiger partial charge in [0.1, 0.15) is 11.6 Å². The van der Waals surface area contributed by atoms with Crippen molar-refractivity contribution in [3.63, 3.8) is 0 Å². The number of anilines is 1. The Morgan fingerprint density at radius 3 is 2.52 bits per heavy atom. The van der Waals surface area contributed by atoms with Gasteiger partial charge in [-0.15, -0.1) is 0 Å². The summed E-state index contributed by atoms with van der Waals surface area (Å²) >= 11 is 0. The van der Waals surface area contributed by atoms with Gasteiger partial charge in [-0.05, 0) is 29.8 Å². The van der Waals surface area contributed by atoms with E-state index in [0.717, 1.165) is 25.0 Å². The fourth-order valence-electron chi connectivity index (χ4n) is 3.30. The van der Waals surface area contributed by atoms with Gasteiger partial charge in [0, 0.05) is 46.0 Å². The summed E-state index contributed by atoms with van der Waals surface area (Å²) in [5.74, 6) is 1.67. The van der Waals surface area contributed by atoms with E-state index in [1.165, 1.54) is 19.2 Å². The molecule has 0 saturated carbocycles. The summed E-state index contributed by atoms with van der Waals surface area (Å²) in [5, 5.41) is 3.06. The minimum Gasteiger partial charge on any atom is -0.497 e. The highest BCUT2D eigenvalue weighted by atomic mass is 19.4. The maximum atomic E-state index is 13.4. The fourth-order valence-corrected chi connectivity index (χ4v) is 3.30. The first-order valence-corrected chi connectivity index (χ1v) is 9.28. The minimum absolute atomic E-state index is 0.0198. The Balaban J connectivity index is 1.63. The Morgan fingerprint density at radius 2 is 1.93 bits per heavy atom. The third-order valence-corrected chi connectivity index (χ3v) is 4.82. The highest BCUT2D eigenvalue weighted by Gasteiger charge is 2.34. The van der Waals surface area contributed by atoms with Crippen LogP contribution in [0.1, 0.15) is 11.1 Å². The molecule has 2 heterocycles. The van der Waals surface area contributed by atoms with Crippen molar-refractivity contribution in [3.8, 4) is 5.75 Å². The van der Waals surface area contributed by atoms with E-state index >= 15 is 0 Å². The van der Waals surface area contributed by atoms with Gasteiger partial charge in [0.05, 0.1) is 12.7 Å². The number of piperazine rings is 1. The number of hydrogen-bond donors (Lipinski definition) is 1. The first-order valence-electron chi connectivity index (χ1n) is 9.28. The second kappa shape index (κ2) is 9.02. The van der Waals surface area contributed by atoms with Gasteiger partial charge in [-0.2, -0.15) is 13.2 Å². The molecule has 0 bridgehead atoms. The molecule has 0 aliphatic carbocycles. The van der Waals surface area contributed by atoms with Crippen LogP contribution >= 0.6 is 0 Å². The molecule has 0 unspecified atom stereocenters. The lowest BCUT2D eigenvalue weighted by Crippen LogP contribution is -2.52. The molecule has 1 aromatic carbocycles. The molecular weight excluding hydrogens is 383 g/mol. The van der Waals surface area contributed by atoms with Crippen molar-refractivity contribution in [2.45, 2.75) is 12.7 Å². The number of hydrogen-bond acceptors (Lipinski definition) is 4. The van der Waals surface area contributed by atoms with E-state index in [9.17, 15) is 13.2 Å². The Morgan fingerprint density at radius 1 is 1.17 bits per heavy atom. The van der Waals surface area contributed by atoms with Crippen LogP contribution in [0.5, 0.6) is 5.75 Å². The lowest BCUT2D eigenvalue weighted by Gasteiger charge is -2.37. The second-order valence-corrected chi connectivity index (χ2v) is 6.58. The predicted octanol–water partition coefficient (Wildman–Crippen LogP) is 3.01. The van der Waals surface area contributed by atoms with Gasteiger partial charge in [-0.1, -0.05) is 12.1 Å². The van der Waals surface area contributed by atoms with Crippen LogP contribution < -0.4 is 15.0 Å². The summed E-state index contributed by atoms with van der Waals surface area (Å²) in [6.07, 6.45) is -2.70. The molecule has 156 valence electrons. The van der Waals surface area contributed by atoms with E-state index in [0.29, 0.717) is 19.0 Å². The van der Waals surface area contributed by atoms with Gasteiger partial charge in [-0.3, -0.25) is 4.99 Å². The third kappa shape index (κ3) is 5.10. The zero-order chi connectivity index (χ0) is 20.9. The van der Waals surface area contributed by atoms with Crippen molar-refractivity contribution in [1.29, 1.82) is 0 Å². The molecule has 0 radical (unpaired) electrons. The van der Waals surface area contributed by atoms with Crippen molar-refractivity contribution < 1.29 is 17.9 Å². The predicted molar refractivity (Wildman–Crippen MR) is 106 cm³/mol. The monoisotopic (exact) mass is 407 g/mol. The third-order valence-electron chi connectivity index (χ3n) is 4.82. The van der Waals surface area contributed by atoms with Crippen molar-refractivity contribution in [3.05, 3.63) is 53.7 Å². The zero-order valence-electron chi connectivity index (χ0n) is 16.4. The lowest BCUT2D eigenvalue weighted by atomic mass is 10.1. The molecule has 1 saturated heterocycles. The van der Waals surface area contributed by atoms with Crippen LogP contribution in [0, 0.1) is 0 Å². The smallest absolute Gasteiger partial charge is 0.416 e. The van der Waals surface area contributed by atoms with Crippen LogP contribution in [0.15, 0.2) is 47.6 Å². The van der Waals surface area contributed by atoms with Crippen LogP contribution in [0.3, 0.4) is 0 Å². The first-order chi connectivity index (χ1) is 13.9. The standard InChI is InChI=1S/C20H24F3N5O/c1-24-19(28-11-9-27(10-12-28)18-5-3-4-8-25-18)26-14-15-6-7-16(29-2)13-17(15)20(21,22)23/h3-8,13H,9-12,14H2,1-2H3,(H,24,26). The number of aliphatic imine (C=N–C) groups is 1. The van der Waals surface area contributed by atoms with E-state index < -0.39 is 11.7 Å². The van der Waals surface area contributed by atoms with E-state index in [-0.39, 0.29) is 17.9 Å². The van der Waals surface area contributed by atoms with Crippen molar-refractivity contribution in [2.24, 2.45) is 4.99 Å². The van der Waals surface area contributed by atoms with Gasteiger partial charge in [0.2, 0.25) is 0 Å². The number of pyridine rings is 1. The van der Waals surface area contributed by atoms with Gasteiger partial charge in [0.25, 0.3) is 0 Å². The highest BCUT2D eigenvalue weighted by Crippen LogP contribution is 2.34. The second-order valence-electron chi connectivity index (χ2n) is 6.58. The average molecular weight is 407 g/mol. The molecule has 1 fully saturated rings. The summed E-state index contributed by atoms with van der Waals surface area (Å²) in [4.78, 5) is 12.8. The lowest BCUT2D eigenvalue weighted by molar-refractivity contribution is -0.138. The Labute approximate surface area is 168 Å². The summed E-state index contributed by atoms with van der Waals surface area (Å²) in [5.41, 5.74) is -0.564. The Kier molecular flexibility index (Phi) is 6.46. The van der Waals surface area contributed by atoms with E-state index in [1.807, 2.05) is 23.1 Å². The Hall–Kier alpha value is -2.97. The molecule has 1 N–H and O–H groups in total. The van der Waals surface area contributed by atoms with Gasteiger partial charge < -0.3 is 19.9 Å². The SMILES string of the molecule is CN=C(NCc1ccc(OC)cc1C(F)(F)F)N1CCN(c2ccccn2)CC1. The van der Waals surface area contributed by atoms with Crippen LogP contribution in [0.25, 0.3) is 0 Å². The fraction of sp³-hybridized carbons (Fsp3) is 0.400. The number of rotatable bonds is 4. The molecule has 0 amide bonds. The number of halogens is 3. The number of benzene rings is 1. The van der Waals surface area contributed by atoms with E-state index in [1.54, 1.807) is 13.2 Å². The van der Waals surface area contributed by atoms with Crippen LogP contribution in [0.4, 0.5) is 19.0 Å². The number of guanidine groups is 1. The molecule has 6 nitrogen and oxygen atoms in total. The topological polar surface area (TPSA) is 53.0 Å². The largest absolute Gasteiger partial charge is 0.497 e. The quantitative estimate of drug-likeness (QED) is 0.624. The number of alkyl halides is 3. The molecule has 0 atom stereocenters. The molecule has 29 heavy (non-hydrogen) atoms. The van der Waals surface area contributed by atoms with E-state index in [4.69, 9.17) is 4.74 Å². The molecule has 2 aromatic rings. The summed E-state index contributed by atoms with van der Waals surface area (Å²) in [7, 11) is 2.98. The minimum atomic E-state index is -4.45. The molecule has 1 aliphatic heterocycles. The molecule has 1 aliphatic rings.